The number of nitrogens with one attached hydrogen (secondary N) is 3. The lowest BCUT2D eigenvalue weighted by atomic mass is 9.87. The first-order chi connectivity index (χ1) is 12.7. The number of aromatic amines is 2. The number of amides is 1. The van der Waals surface area contributed by atoms with Crippen LogP contribution in [-0.2, 0) is 12.8 Å². The van der Waals surface area contributed by atoms with Gasteiger partial charge in [0.15, 0.2) is 0 Å². The van der Waals surface area contributed by atoms with E-state index in [0.717, 1.165) is 29.4 Å². The number of nitrogens with zero attached hydrogens (tertiary/aromatic N) is 1. The summed E-state index contributed by atoms with van der Waals surface area (Å²) in [4.78, 5) is 23.8. The smallest absolute Gasteiger partial charge is 0.257 e. The van der Waals surface area contributed by atoms with Crippen molar-refractivity contribution in [2.75, 3.05) is 5.32 Å². The molecule has 4 aromatic rings. The molecule has 2 aromatic carbocycles. The maximum Gasteiger partial charge on any atom is 0.257 e. The van der Waals surface area contributed by atoms with Crippen molar-refractivity contribution in [1.82, 2.24) is 15.0 Å². The van der Waals surface area contributed by atoms with E-state index in [4.69, 9.17) is 0 Å². The minimum absolute atomic E-state index is 0.148. The van der Waals surface area contributed by atoms with E-state index in [-0.39, 0.29) is 5.91 Å². The van der Waals surface area contributed by atoms with Gasteiger partial charge in [-0.05, 0) is 61.1 Å². The molecule has 5 nitrogen and oxygen atoms in total. The Labute approximate surface area is 150 Å². The molecule has 0 aliphatic heterocycles. The van der Waals surface area contributed by atoms with Crippen LogP contribution in [-0.4, -0.2) is 20.9 Å². The molecule has 26 heavy (non-hydrogen) atoms. The number of imidazole rings is 1. The summed E-state index contributed by atoms with van der Waals surface area (Å²) in [6.07, 6.45) is 3.38. The summed E-state index contributed by atoms with van der Waals surface area (Å²) >= 11 is 0. The fraction of sp³-hybridized carbons (Fsp3) is 0.238. The SMILES string of the molecule is CC1CCc2[nH]c3ccc(C(=O)Nc4nc5ccccc5[nH]4)cc3c2C1. The molecule has 130 valence electrons. The normalized spacial score (nSPS) is 16.7. The van der Waals surface area contributed by atoms with Crippen LogP contribution in [0.3, 0.4) is 0 Å². The van der Waals surface area contributed by atoms with Gasteiger partial charge in [0.05, 0.1) is 11.0 Å². The van der Waals surface area contributed by atoms with Crippen molar-refractivity contribution in [3.8, 4) is 0 Å². The van der Waals surface area contributed by atoms with Gasteiger partial charge >= 0.3 is 0 Å². The van der Waals surface area contributed by atoms with E-state index in [1.807, 2.05) is 42.5 Å². The largest absolute Gasteiger partial charge is 0.358 e. The van der Waals surface area contributed by atoms with Gasteiger partial charge in [0.1, 0.15) is 0 Å². The minimum Gasteiger partial charge on any atom is -0.358 e. The van der Waals surface area contributed by atoms with Crippen LogP contribution in [0.5, 0.6) is 0 Å². The van der Waals surface area contributed by atoms with Gasteiger partial charge in [-0.15, -0.1) is 0 Å². The van der Waals surface area contributed by atoms with Crippen molar-refractivity contribution in [3.05, 3.63) is 59.3 Å². The summed E-state index contributed by atoms with van der Waals surface area (Å²) < 4.78 is 0. The number of hydrogen-bond acceptors (Lipinski definition) is 2. The zero-order chi connectivity index (χ0) is 17.7. The molecule has 1 amide bonds. The molecule has 5 heteroatoms. The Morgan fingerprint density at radius 1 is 1.15 bits per heavy atom. The lowest BCUT2D eigenvalue weighted by Crippen LogP contribution is -2.13. The lowest BCUT2D eigenvalue weighted by molar-refractivity contribution is 0.102. The van der Waals surface area contributed by atoms with Gasteiger partial charge in [0, 0.05) is 22.2 Å². The molecule has 0 radical (unpaired) electrons. The Hall–Kier alpha value is -3.08. The van der Waals surface area contributed by atoms with Crippen LogP contribution in [0.1, 0.15) is 35.0 Å². The predicted molar refractivity (Wildman–Crippen MR) is 104 cm³/mol. The fourth-order valence-corrected chi connectivity index (χ4v) is 3.92. The summed E-state index contributed by atoms with van der Waals surface area (Å²) in [6, 6.07) is 13.6. The van der Waals surface area contributed by atoms with Crippen LogP contribution in [0.15, 0.2) is 42.5 Å². The number of aryl methyl sites for hydroxylation is 1. The van der Waals surface area contributed by atoms with Crippen LogP contribution >= 0.6 is 0 Å². The van der Waals surface area contributed by atoms with Crippen LogP contribution in [0, 0.1) is 5.92 Å². The summed E-state index contributed by atoms with van der Waals surface area (Å²) in [5, 5.41) is 4.05. The standard InChI is InChI=1S/C21H20N4O/c1-12-6-8-16-14(10-12)15-11-13(7-9-17(15)22-16)20(26)25-21-23-18-4-2-3-5-19(18)24-21/h2-5,7,9,11-12,22H,6,8,10H2,1H3,(H2,23,24,25,26). The zero-order valence-electron chi connectivity index (χ0n) is 14.6. The minimum atomic E-state index is -0.148. The highest BCUT2D eigenvalue weighted by atomic mass is 16.1. The molecule has 0 saturated carbocycles. The highest BCUT2D eigenvalue weighted by molar-refractivity contribution is 6.06. The van der Waals surface area contributed by atoms with E-state index < -0.39 is 0 Å². The Kier molecular flexibility index (Phi) is 3.35. The lowest BCUT2D eigenvalue weighted by Gasteiger charge is -2.18. The van der Waals surface area contributed by atoms with Crippen molar-refractivity contribution in [1.29, 1.82) is 0 Å². The van der Waals surface area contributed by atoms with E-state index in [1.54, 1.807) is 0 Å². The monoisotopic (exact) mass is 344 g/mol. The van der Waals surface area contributed by atoms with Crippen molar-refractivity contribution < 1.29 is 4.79 Å². The summed E-state index contributed by atoms with van der Waals surface area (Å²) in [6.45, 7) is 2.29. The van der Waals surface area contributed by atoms with Gasteiger partial charge in [0.2, 0.25) is 5.95 Å². The Morgan fingerprint density at radius 2 is 2.04 bits per heavy atom. The zero-order valence-corrected chi connectivity index (χ0v) is 14.6. The van der Waals surface area contributed by atoms with Crippen molar-refractivity contribution in [3.63, 3.8) is 0 Å². The average molecular weight is 344 g/mol. The van der Waals surface area contributed by atoms with Crippen LogP contribution in [0.4, 0.5) is 5.95 Å². The Morgan fingerprint density at radius 3 is 2.92 bits per heavy atom. The molecule has 5 rings (SSSR count). The molecule has 2 aromatic heterocycles. The van der Waals surface area contributed by atoms with Gasteiger partial charge in [-0.3, -0.25) is 10.1 Å². The van der Waals surface area contributed by atoms with E-state index >= 15 is 0 Å². The topological polar surface area (TPSA) is 73.6 Å². The second kappa shape index (κ2) is 5.73. The summed E-state index contributed by atoms with van der Waals surface area (Å²) in [5.41, 5.74) is 6.21. The first-order valence-electron chi connectivity index (χ1n) is 9.07. The second-order valence-electron chi connectivity index (χ2n) is 7.25. The summed E-state index contributed by atoms with van der Waals surface area (Å²) in [5.74, 6) is 1.01. The second-order valence-corrected chi connectivity index (χ2v) is 7.25. The van der Waals surface area contributed by atoms with E-state index in [0.29, 0.717) is 17.4 Å². The number of benzene rings is 2. The third kappa shape index (κ3) is 2.47. The van der Waals surface area contributed by atoms with E-state index in [9.17, 15) is 4.79 Å². The average Bonchev–Trinajstić information content (AvgIpc) is 3.21. The van der Waals surface area contributed by atoms with Crippen molar-refractivity contribution in [2.24, 2.45) is 5.92 Å². The molecule has 1 aliphatic rings. The molecule has 0 saturated heterocycles. The molecule has 1 atom stereocenters. The molecule has 2 heterocycles. The highest BCUT2D eigenvalue weighted by Crippen LogP contribution is 2.32. The highest BCUT2D eigenvalue weighted by Gasteiger charge is 2.20. The molecule has 0 spiro atoms. The first kappa shape index (κ1) is 15.2. The van der Waals surface area contributed by atoms with E-state index in [1.165, 1.54) is 23.1 Å². The number of carbonyl (C=O) groups excluding carboxylic acids is 1. The van der Waals surface area contributed by atoms with Crippen molar-refractivity contribution in [2.45, 2.75) is 26.2 Å². The molecule has 0 bridgehead atoms. The maximum absolute atomic E-state index is 12.7. The van der Waals surface area contributed by atoms with Crippen LogP contribution in [0.25, 0.3) is 21.9 Å². The van der Waals surface area contributed by atoms with Gasteiger partial charge in [0.25, 0.3) is 5.91 Å². The third-order valence-electron chi connectivity index (χ3n) is 5.32. The van der Waals surface area contributed by atoms with Crippen molar-refractivity contribution >= 4 is 33.8 Å². The number of hydrogen-bond donors (Lipinski definition) is 3. The number of anilines is 1. The Bertz CT molecular complexity index is 1100. The number of carbonyl (C=O) groups is 1. The molecule has 0 fully saturated rings. The van der Waals surface area contributed by atoms with Crippen LogP contribution in [0.2, 0.25) is 0 Å². The number of fused-ring (bicyclic) bond motifs is 4. The maximum atomic E-state index is 12.7. The van der Waals surface area contributed by atoms with Gasteiger partial charge < -0.3 is 9.97 Å². The molecule has 3 N–H and O–H groups in total. The quantitative estimate of drug-likeness (QED) is 0.503. The number of H-pyrrole nitrogens is 2. The van der Waals surface area contributed by atoms with Gasteiger partial charge in [-0.2, -0.15) is 0 Å². The van der Waals surface area contributed by atoms with Gasteiger partial charge in [-0.25, -0.2) is 4.98 Å². The molecule has 1 aliphatic carbocycles. The number of para-hydroxylation sites is 2. The molecule has 1 unspecified atom stereocenters. The van der Waals surface area contributed by atoms with Gasteiger partial charge in [-0.1, -0.05) is 19.1 Å². The number of aromatic nitrogens is 3. The fourth-order valence-electron chi connectivity index (χ4n) is 3.92. The molecular formula is C21H20N4O. The Balaban J connectivity index is 1.48. The summed E-state index contributed by atoms with van der Waals surface area (Å²) in [7, 11) is 0. The third-order valence-corrected chi connectivity index (χ3v) is 5.32. The molecular weight excluding hydrogens is 324 g/mol. The first-order valence-corrected chi connectivity index (χ1v) is 9.07. The van der Waals surface area contributed by atoms with Crippen LogP contribution < -0.4 is 5.32 Å². The number of rotatable bonds is 2. The predicted octanol–water partition coefficient (Wildman–Crippen LogP) is 4.42. The van der Waals surface area contributed by atoms with E-state index in [2.05, 4.69) is 27.2 Å².